The molecule has 8 nitrogen and oxygen atoms in total. The summed E-state index contributed by atoms with van der Waals surface area (Å²) in [4.78, 5) is 46.6. The van der Waals surface area contributed by atoms with Gasteiger partial charge in [-0.3, -0.25) is 19.2 Å². The summed E-state index contributed by atoms with van der Waals surface area (Å²) in [5.74, 6) is -1.94. The Labute approximate surface area is 161 Å². The van der Waals surface area contributed by atoms with Gasteiger partial charge in [-0.1, -0.05) is 0 Å². The van der Waals surface area contributed by atoms with Crippen LogP contribution in [0.15, 0.2) is 33.1 Å². The molecule has 2 aromatic heterocycles. The summed E-state index contributed by atoms with van der Waals surface area (Å²) in [6.07, 6.45) is -0.289. The second-order valence-corrected chi connectivity index (χ2v) is 6.44. The SMILES string of the molecule is CC(=O)O[C@H](C)Cc1ccc(C(=O)C(=O)c2ccc(C[C@H](C)OC(C)=O)o2)o1. The van der Waals surface area contributed by atoms with E-state index in [0.717, 1.165) is 0 Å². The number of carbonyl (C=O) groups is 4. The van der Waals surface area contributed by atoms with Crippen molar-refractivity contribution in [1.82, 2.24) is 0 Å². The van der Waals surface area contributed by atoms with Gasteiger partial charge >= 0.3 is 11.9 Å². The first kappa shape index (κ1) is 21.1. The van der Waals surface area contributed by atoms with Crippen molar-refractivity contribution < 1.29 is 37.5 Å². The van der Waals surface area contributed by atoms with Gasteiger partial charge in [0.25, 0.3) is 11.6 Å². The zero-order valence-electron chi connectivity index (χ0n) is 16.1. The van der Waals surface area contributed by atoms with Crippen LogP contribution in [0.3, 0.4) is 0 Å². The second-order valence-electron chi connectivity index (χ2n) is 6.44. The third-order valence-electron chi connectivity index (χ3n) is 3.69. The molecule has 0 aliphatic carbocycles. The number of hydrogen-bond donors (Lipinski definition) is 0. The van der Waals surface area contributed by atoms with E-state index in [1.165, 1.54) is 26.0 Å². The largest absolute Gasteiger partial charge is 0.462 e. The molecular weight excluding hydrogens is 368 g/mol. The molecule has 0 aromatic carbocycles. The Morgan fingerprint density at radius 2 is 1.11 bits per heavy atom. The summed E-state index contributed by atoms with van der Waals surface area (Å²) in [6, 6.07) is 5.88. The van der Waals surface area contributed by atoms with Crippen molar-refractivity contribution in [3.63, 3.8) is 0 Å². The van der Waals surface area contributed by atoms with Gasteiger partial charge in [-0.25, -0.2) is 0 Å². The molecule has 150 valence electrons. The van der Waals surface area contributed by atoms with Gasteiger partial charge in [-0.15, -0.1) is 0 Å². The van der Waals surface area contributed by atoms with Gasteiger partial charge in [0.1, 0.15) is 23.7 Å². The number of ketones is 2. The highest BCUT2D eigenvalue weighted by Gasteiger charge is 2.25. The number of hydrogen-bond acceptors (Lipinski definition) is 8. The minimum absolute atomic E-state index is 0.124. The zero-order valence-corrected chi connectivity index (χ0v) is 16.1. The zero-order chi connectivity index (χ0) is 20.8. The molecule has 0 aliphatic rings. The van der Waals surface area contributed by atoms with E-state index in [2.05, 4.69) is 0 Å². The monoisotopic (exact) mass is 390 g/mol. The fourth-order valence-electron chi connectivity index (χ4n) is 2.66. The molecule has 0 fully saturated rings. The third-order valence-corrected chi connectivity index (χ3v) is 3.69. The fraction of sp³-hybridized carbons (Fsp3) is 0.400. The first-order valence-corrected chi connectivity index (χ1v) is 8.76. The van der Waals surface area contributed by atoms with Crippen LogP contribution >= 0.6 is 0 Å². The summed E-state index contributed by atoms with van der Waals surface area (Å²) in [6.45, 7) is 5.99. The molecule has 0 aliphatic heterocycles. The number of esters is 2. The number of furan rings is 2. The molecule has 28 heavy (non-hydrogen) atoms. The summed E-state index contributed by atoms with van der Waals surface area (Å²) >= 11 is 0. The lowest BCUT2D eigenvalue weighted by atomic mass is 10.1. The summed E-state index contributed by atoms with van der Waals surface area (Å²) < 4.78 is 20.8. The maximum Gasteiger partial charge on any atom is 0.302 e. The van der Waals surface area contributed by atoms with Gasteiger partial charge in [-0.2, -0.15) is 0 Å². The van der Waals surface area contributed by atoms with Gasteiger partial charge < -0.3 is 18.3 Å². The highest BCUT2D eigenvalue weighted by atomic mass is 16.5. The smallest absolute Gasteiger partial charge is 0.302 e. The van der Waals surface area contributed by atoms with Gasteiger partial charge in [-0.05, 0) is 38.1 Å². The van der Waals surface area contributed by atoms with Crippen LogP contribution in [-0.2, 0) is 31.9 Å². The van der Waals surface area contributed by atoms with Crippen molar-refractivity contribution in [2.24, 2.45) is 0 Å². The third kappa shape index (κ3) is 5.94. The highest BCUT2D eigenvalue weighted by Crippen LogP contribution is 2.17. The number of carbonyl (C=O) groups excluding carboxylic acids is 4. The van der Waals surface area contributed by atoms with Crippen LogP contribution in [0.1, 0.15) is 60.3 Å². The molecule has 2 aromatic rings. The van der Waals surface area contributed by atoms with Crippen LogP contribution in [0, 0.1) is 0 Å². The molecule has 0 saturated heterocycles. The van der Waals surface area contributed by atoms with E-state index in [1.807, 2.05) is 0 Å². The van der Waals surface area contributed by atoms with Crippen LogP contribution < -0.4 is 0 Å². The minimum atomic E-state index is -0.847. The predicted octanol–water partition coefficient (Wildman–Crippen LogP) is 2.93. The Kier molecular flexibility index (Phi) is 6.92. The Hall–Kier alpha value is -3.16. The standard InChI is InChI=1S/C20H22O8/c1-11(25-13(3)21)9-15-5-7-17(27-15)19(23)20(24)18-8-6-16(28-18)10-12(2)26-14(4)22/h5-8,11-12H,9-10H2,1-4H3/t11-,12+. The van der Waals surface area contributed by atoms with Gasteiger partial charge in [0.15, 0.2) is 11.5 Å². The van der Waals surface area contributed by atoms with Crippen LogP contribution in [-0.4, -0.2) is 35.7 Å². The first-order valence-electron chi connectivity index (χ1n) is 8.76. The highest BCUT2D eigenvalue weighted by molar-refractivity contribution is 6.47. The van der Waals surface area contributed by atoms with Crippen LogP contribution in [0.4, 0.5) is 0 Å². The molecule has 2 atom stereocenters. The molecule has 0 unspecified atom stereocenters. The second kappa shape index (κ2) is 9.16. The van der Waals surface area contributed by atoms with Crippen LogP contribution in [0.5, 0.6) is 0 Å². The summed E-state index contributed by atoms with van der Waals surface area (Å²) in [7, 11) is 0. The molecule has 0 radical (unpaired) electrons. The molecule has 0 saturated carbocycles. The molecular formula is C20H22O8. The number of ether oxygens (including phenoxy) is 2. The van der Waals surface area contributed by atoms with E-state index in [-0.39, 0.29) is 24.4 Å². The van der Waals surface area contributed by atoms with E-state index in [0.29, 0.717) is 11.5 Å². The fourth-order valence-corrected chi connectivity index (χ4v) is 2.66. The maximum absolute atomic E-state index is 12.3. The van der Waals surface area contributed by atoms with Gasteiger partial charge in [0.2, 0.25) is 0 Å². The maximum atomic E-state index is 12.3. The molecule has 8 heteroatoms. The quantitative estimate of drug-likeness (QED) is 0.365. The molecule has 2 heterocycles. The molecule has 0 N–H and O–H groups in total. The molecule has 0 spiro atoms. The molecule has 0 bridgehead atoms. The number of rotatable bonds is 9. The van der Waals surface area contributed by atoms with Gasteiger partial charge in [0.05, 0.1) is 0 Å². The van der Waals surface area contributed by atoms with E-state index < -0.39 is 35.7 Å². The summed E-state index contributed by atoms with van der Waals surface area (Å²) in [5.41, 5.74) is 0. The van der Waals surface area contributed by atoms with E-state index in [9.17, 15) is 19.2 Å². The van der Waals surface area contributed by atoms with Gasteiger partial charge in [0, 0.05) is 26.7 Å². The van der Waals surface area contributed by atoms with E-state index in [1.54, 1.807) is 26.0 Å². The Morgan fingerprint density at radius 1 is 0.750 bits per heavy atom. The number of Topliss-reactive ketones (excluding diaryl/α,β-unsaturated/α-hetero) is 2. The van der Waals surface area contributed by atoms with Crippen molar-refractivity contribution in [1.29, 1.82) is 0 Å². The lowest BCUT2D eigenvalue weighted by Gasteiger charge is -2.09. The molecule has 0 amide bonds. The van der Waals surface area contributed by atoms with E-state index >= 15 is 0 Å². The Morgan fingerprint density at radius 3 is 1.43 bits per heavy atom. The normalized spacial score (nSPS) is 12.9. The first-order chi connectivity index (χ1) is 13.2. The Balaban J connectivity index is 2.00. The van der Waals surface area contributed by atoms with Crippen LogP contribution in [0.2, 0.25) is 0 Å². The predicted molar refractivity (Wildman–Crippen MR) is 95.9 cm³/mol. The average Bonchev–Trinajstić information content (AvgIpc) is 3.21. The van der Waals surface area contributed by atoms with Crippen LogP contribution in [0.25, 0.3) is 0 Å². The summed E-state index contributed by atoms with van der Waals surface area (Å²) in [5, 5.41) is 0. The lowest BCUT2D eigenvalue weighted by molar-refractivity contribution is -0.146. The van der Waals surface area contributed by atoms with Crippen molar-refractivity contribution in [2.45, 2.75) is 52.7 Å². The molecule has 2 rings (SSSR count). The Bertz CT molecular complexity index is 800. The lowest BCUT2D eigenvalue weighted by Crippen LogP contribution is -2.15. The minimum Gasteiger partial charge on any atom is -0.462 e. The van der Waals surface area contributed by atoms with Crippen molar-refractivity contribution in [3.05, 3.63) is 47.3 Å². The topological polar surface area (TPSA) is 113 Å². The van der Waals surface area contributed by atoms with E-state index in [4.69, 9.17) is 18.3 Å². The van der Waals surface area contributed by atoms with Crippen molar-refractivity contribution in [3.8, 4) is 0 Å². The average molecular weight is 390 g/mol. The van der Waals surface area contributed by atoms with Crippen molar-refractivity contribution >= 4 is 23.5 Å². The van der Waals surface area contributed by atoms with Crippen molar-refractivity contribution in [2.75, 3.05) is 0 Å².